The van der Waals surface area contributed by atoms with Crippen LogP contribution in [-0.4, -0.2) is 46.1 Å². The SMILES string of the molecule is CC1=C(C(=O)O)[C@H](c2ccc(C(F)(F)F)nc2)CC(=O)N1C[C@H]1CCCO1. The second kappa shape index (κ2) is 7.30. The van der Waals surface area contributed by atoms with Crippen molar-refractivity contribution in [1.29, 1.82) is 0 Å². The lowest BCUT2D eigenvalue weighted by molar-refractivity contribution is -0.141. The van der Waals surface area contributed by atoms with E-state index in [1.165, 1.54) is 11.0 Å². The van der Waals surface area contributed by atoms with Crippen molar-refractivity contribution >= 4 is 11.9 Å². The van der Waals surface area contributed by atoms with Crippen LogP contribution >= 0.6 is 0 Å². The molecular formula is C18H19F3N2O4. The van der Waals surface area contributed by atoms with E-state index in [0.29, 0.717) is 12.3 Å². The van der Waals surface area contributed by atoms with E-state index >= 15 is 0 Å². The zero-order valence-corrected chi connectivity index (χ0v) is 14.6. The number of halogens is 3. The van der Waals surface area contributed by atoms with Gasteiger partial charge in [0.1, 0.15) is 5.69 Å². The molecule has 1 fully saturated rings. The molecule has 6 nitrogen and oxygen atoms in total. The van der Waals surface area contributed by atoms with E-state index in [9.17, 15) is 27.9 Å². The van der Waals surface area contributed by atoms with Crippen molar-refractivity contribution in [1.82, 2.24) is 9.88 Å². The van der Waals surface area contributed by atoms with Crippen LogP contribution in [0.15, 0.2) is 29.6 Å². The summed E-state index contributed by atoms with van der Waals surface area (Å²) >= 11 is 0. The third-order valence-corrected chi connectivity index (χ3v) is 4.94. The highest BCUT2D eigenvalue weighted by atomic mass is 19.4. The zero-order valence-electron chi connectivity index (χ0n) is 14.6. The smallest absolute Gasteiger partial charge is 0.433 e. The highest BCUT2D eigenvalue weighted by molar-refractivity contribution is 5.94. The molecule has 3 rings (SSSR count). The molecule has 3 heterocycles. The van der Waals surface area contributed by atoms with Gasteiger partial charge in [-0.3, -0.25) is 9.78 Å². The lowest BCUT2D eigenvalue weighted by atomic mass is 9.84. The lowest BCUT2D eigenvalue weighted by Gasteiger charge is -2.35. The van der Waals surface area contributed by atoms with Crippen LogP contribution in [0.3, 0.4) is 0 Å². The van der Waals surface area contributed by atoms with Crippen molar-refractivity contribution in [3.05, 3.63) is 40.9 Å². The monoisotopic (exact) mass is 384 g/mol. The second-order valence-corrected chi connectivity index (χ2v) is 6.67. The van der Waals surface area contributed by atoms with Crippen molar-refractivity contribution in [2.75, 3.05) is 13.2 Å². The molecule has 146 valence electrons. The summed E-state index contributed by atoms with van der Waals surface area (Å²) in [6.07, 6.45) is -2.18. The van der Waals surface area contributed by atoms with Crippen molar-refractivity contribution < 1.29 is 32.6 Å². The Morgan fingerprint density at radius 3 is 2.67 bits per heavy atom. The average molecular weight is 384 g/mol. The molecule has 27 heavy (non-hydrogen) atoms. The second-order valence-electron chi connectivity index (χ2n) is 6.67. The summed E-state index contributed by atoms with van der Waals surface area (Å²) in [6.45, 7) is 2.43. The van der Waals surface area contributed by atoms with Crippen LogP contribution in [0.2, 0.25) is 0 Å². The van der Waals surface area contributed by atoms with E-state index in [-0.39, 0.29) is 36.1 Å². The number of aromatic nitrogens is 1. The fraction of sp³-hybridized carbons (Fsp3) is 0.500. The molecule has 1 saturated heterocycles. The topological polar surface area (TPSA) is 79.7 Å². The third kappa shape index (κ3) is 3.97. The summed E-state index contributed by atoms with van der Waals surface area (Å²) in [7, 11) is 0. The molecule has 1 amide bonds. The molecule has 0 aliphatic carbocycles. The van der Waals surface area contributed by atoms with E-state index in [1.807, 2.05) is 0 Å². The van der Waals surface area contributed by atoms with Gasteiger partial charge >= 0.3 is 12.1 Å². The number of rotatable bonds is 4. The minimum atomic E-state index is -4.58. The van der Waals surface area contributed by atoms with E-state index in [0.717, 1.165) is 25.1 Å². The number of ether oxygens (including phenoxy) is 1. The van der Waals surface area contributed by atoms with Gasteiger partial charge < -0.3 is 14.7 Å². The fourth-order valence-corrected chi connectivity index (χ4v) is 3.57. The number of allylic oxidation sites excluding steroid dienone is 1. The highest BCUT2D eigenvalue weighted by Gasteiger charge is 2.38. The van der Waals surface area contributed by atoms with Gasteiger partial charge in [0.2, 0.25) is 5.91 Å². The number of carboxylic acids is 1. The minimum Gasteiger partial charge on any atom is -0.478 e. The van der Waals surface area contributed by atoms with Gasteiger partial charge in [0.25, 0.3) is 0 Å². The number of nitrogens with zero attached hydrogens (tertiary/aromatic N) is 2. The van der Waals surface area contributed by atoms with Gasteiger partial charge in [0, 0.05) is 30.8 Å². The average Bonchev–Trinajstić information content (AvgIpc) is 3.10. The Morgan fingerprint density at radius 1 is 1.41 bits per heavy atom. The number of aliphatic carboxylic acids is 1. The van der Waals surface area contributed by atoms with Crippen LogP contribution in [-0.2, 0) is 20.5 Å². The minimum absolute atomic E-state index is 0.00541. The first-order valence-corrected chi connectivity index (χ1v) is 8.57. The fourth-order valence-electron chi connectivity index (χ4n) is 3.57. The third-order valence-electron chi connectivity index (χ3n) is 4.94. The van der Waals surface area contributed by atoms with Crippen molar-refractivity contribution in [2.45, 2.75) is 44.4 Å². The van der Waals surface area contributed by atoms with Crippen LogP contribution in [0.4, 0.5) is 13.2 Å². The number of carbonyl (C=O) groups excluding carboxylic acids is 1. The van der Waals surface area contributed by atoms with Crippen LogP contribution in [0.5, 0.6) is 0 Å². The molecule has 0 spiro atoms. The molecule has 1 aromatic rings. The number of carboxylic acid groups (broad SMARTS) is 1. The predicted molar refractivity (Wildman–Crippen MR) is 87.6 cm³/mol. The Morgan fingerprint density at radius 2 is 2.15 bits per heavy atom. The van der Waals surface area contributed by atoms with Gasteiger partial charge in [-0.15, -0.1) is 0 Å². The van der Waals surface area contributed by atoms with Gasteiger partial charge in [0.05, 0.1) is 18.2 Å². The first kappa shape index (κ1) is 19.3. The van der Waals surface area contributed by atoms with Gasteiger partial charge in [-0.2, -0.15) is 13.2 Å². The Hall–Kier alpha value is -2.42. The molecule has 0 unspecified atom stereocenters. The van der Waals surface area contributed by atoms with Crippen molar-refractivity contribution in [3.63, 3.8) is 0 Å². The Labute approximate surface area is 153 Å². The molecule has 1 aromatic heterocycles. The first-order valence-electron chi connectivity index (χ1n) is 8.57. The Bertz CT molecular complexity index is 768. The maximum absolute atomic E-state index is 12.7. The maximum Gasteiger partial charge on any atom is 0.433 e. The number of pyridine rings is 1. The normalized spacial score (nSPS) is 23.9. The summed E-state index contributed by atoms with van der Waals surface area (Å²) in [5.74, 6) is -2.33. The molecule has 0 saturated carbocycles. The van der Waals surface area contributed by atoms with E-state index in [4.69, 9.17) is 4.74 Å². The van der Waals surface area contributed by atoms with Gasteiger partial charge in [0.15, 0.2) is 0 Å². The number of carbonyl (C=O) groups is 2. The molecule has 2 atom stereocenters. The molecule has 9 heteroatoms. The molecule has 0 radical (unpaired) electrons. The standard InChI is InChI=1S/C18H19F3N2O4/c1-10-16(17(25)26)13(11-4-5-14(22-8-11)18(19,20)21)7-15(24)23(10)9-12-3-2-6-27-12/h4-5,8,12-13H,2-3,6-7,9H2,1H3,(H,25,26)/t12-,13+/m1/s1. The molecule has 2 aliphatic rings. The summed E-state index contributed by atoms with van der Waals surface area (Å²) in [5, 5.41) is 9.66. The molecule has 1 N–H and O–H groups in total. The number of hydrogen-bond donors (Lipinski definition) is 1. The van der Waals surface area contributed by atoms with Crippen LogP contribution in [0, 0.1) is 0 Å². The Balaban J connectivity index is 1.92. The highest BCUT2D eigenvalue weighted by Crippen LogP contribution is 2.37. The summed E-state index contributed by atoms with van der Waals surface area (Å²) in [6, 6.07) is 1.98. The van der Waals surface area contributed by atoms with E-state index in [1.54, 1.807) is 6.92 Å². The van der Waals surface area contributed by atoms with Crippen molar-refractivity contribution in [3.8, 4) is 0 Å². The van der Waals surface area contributed by atoms with Gasteiger partial charge in [-0.25, -0.2) is 4.79 Å². The first-order chi connectivity index (χ1) is 12.7. The van der Waals surface area contributed by atoms with Crippen LogP contribution < -0.4 is 0 Å². The van der Waals surface area contributed by atoms with E-state index in [2.05, 4.69) is 4.98 Å². The Kier molecular flexibility index (Phi) is 5.23. The van der Waals surface area contributed by atoms with Crippen LogP contribution in [0.25, 0.3) is 0 Å². The molecule has 0 aromatic carbocycles. The van der Waals surface area contributed by atoms with Crippen molar-refractivity contribution in [2.24, 2.45) is 0 Å². The number of alkyl halides is 3. The number of amides is 1. The number of hydrogen-bond acceptors (Lipinski definition) is 4. The largest absolute Gasteiger partial charge is 0.478 e. The van der Waals surface area contributed by atoms with Crippen LogP contribution in [0.1, 0.15) is 43.4 Å². The van der Waals surface area contributed by atoms with Gasteiger partial charge in [-0.1, -0.05) is 6.07 Å². The summed E-state index contributed by atoms with van der Waals surface area (Å²) in [5.41, 5.74) is -0.510. The molecular weight excluding hydrogens is 365 g/mol. The molecule has 0 bridgehead atoms. The predicted octanol–water partition coefficient (Wildman–Crippen LogP) is 2.95. The van der Waals surface area contributed by atoms with Gasteiger partial charge in [-0.05, 0) is 31.4 Å². The maximum atomic E-state index is 12.7. The molecule has 2 aliphatic heterocycles. The lowest BCUT2D eigenvalue weighted by Crippen LogP contribution is -2.42. The van der Waals surface area contributed by atoms with E-state index < -0.39 is 23.8 Å². The quantitative estimate of drug-likeness (QED) is 0.863. The summed E-state index contributed by atoms with van der Waals surface area (Å²) < 4.78 is 43.6. The zero-order chi connectivity index (χ0) is 19.8. The summed E-state index contributed by atoms with van der Waals surface area (Å²) in [4.78, 5) is 29.2.